The molecule has 0 aliphatic carbocycles. The molecule has 3 rings (SSSR count). The van der Waals surface area contributed by atoms with Crippen molar-refractivity contribution in [1.82, 2.24) is 4.90 Å². The normalized spacial score (nSPS) is 10.3. The van der Waals surface area contributed by atoms with Crippen LogP contribution in [0.1, 0.15) is 10.4 Å². The van der Waals surface area contributed by atoms with Crippen molar-refractivity contribution < 1.29 is 23.5 Å². The van der Waals surface area contributed by atoms with Crippen LogP contribution >= 0.6 is 0 Å². The van der Waals surface area contributed by atoms with Gasteiger partial charge < -0.3 is 19.7 Å². The first-order valence-corrected chi connectivity index (χ1v) is 9.73. The van der Waals surface area contributed by atoms with E-state index >= 15 is 0 Å². The van der Waals surface area contributed by atoms with Gasteiger partial charge in [-0.25, -0.2) is 4.39 Å². The van der Waals surface area contributed by atoms with Crippen LogP contribution in [0.5, 0.6) is 11.5 Å². The summed E-state index contributed by atoms with van der Waals surface area (Å²) in [6.45, 7) is 0.264. The summed E-state index contributed by atoms with van der Waals surface area (Å²) in [5, 5.41) is 2.80. The Morgan fingerprint density at radius 2 is 1.68 bits per heavy atom. The zero-order valence-electron chi connectivity index (χ0n) is 17.1. The number of para-hydroxylation sites is 1. The molecule has 0 heterocycles. The zero-order valence-corrected chi connectivity index (χ0v) is 17.1. The fourth-order valence-electron chi connectivity index (χ4n) is 2.69. The lowest BCUT2D eigenvalue weighted by molar-refractivity contribution is -0.132. The molecule has 160 valence electrons. The Morgan fingerprint density at radius 1 is 0.935 bits per heavy atom. The first-order chi connectivity index (χ1) is 15.0. The topological polar surface area (TPSA) is 67.9 Å². The maximum atomic E-state index is 13.5. The Kier molecular flexibility index (Phi) is 7.59. The van der Waals surface area contributed by atoms with E-state index in [0.717, 1.165) is 0 Å². The first kappa shape index (κ1) is 21.8. The van der Waals surface area contributed by atoms with Crippen LogP contribution in [0.25, 0.3) is 0 Å². The maximum Gasteiger partial charge on any atom is 0.260 e. The summed E-state index contributed by atoms with van der Waals surface area (Å²) in [5.41, 5.74) is 1.11. The number of benzene rings is 3. The molecule has 0 aromatic heterocycles. The van der Waals surface area contributed by atoms with Crippen LogP contribution in [-0.2, 0) is 4.79 Å². The molecule has 0 atom stereocenters. The first-order valence-electron chi connectivity index (χ1n) is 9.73. The number of carbonyl (C=O) groups is 2. The summed E-state index contributed by atoms with van der Waals surface area (Å²) >= 11 is 0. The molecule has 0 unspecified atom stereocenters. The molecule has 0 fully saturated rings. The van der Waals surface area contributed by atoms with Crippen molar-refractivity contribution in [2.75, 3.05) is 32.1 Å². The predicted molar refractivity (Wildman–Crippen MR) is 116 cm³/mol. The maximum absolute atomic E-state index is 13.5. The number of carbonyl (C=O) groups excluding carboxylic acids is 2. The molecule has 0 radical (unpaired) electrons. The molecule has 0 bridgehead atoms. The third kappa shape index (κ3) is 6.57. The van der Waals surface area contributed by atoms with Crippen LogP contribution < -0.4 is 14.8 Å². The van der Waals surface area contributed by atoms with E-state index in [1.54, 1.807) is 67.7 Å². The van der Waals surface area contributed by atoms with Gasteiger partial charge in [-0.1, -0.05) is 36.4 Å². The highest BCUT2D eigenvalue weighted by Crippen LogP contribution is 2.18. The monoisotopic (exact) mass is 422 g/mol. The van der Waals surface area contributed by atoms with E-state index in [9.17, 15) is 14.0 Å². The van der Waals surface area contributed by atoms with E-state index in [2.05, 4.69) is 5.32 Å². The lowest BCUT2D eigenvalue weighted by Crippen LogP contribution is -2.34. The Labute approximate surface area is 180 Å². The van der Waals surface area contributed by atoms with Crippen molar-refractivity contribution in [3.8, 4) is 11.5 Å². The minimum absolute atomic E-state index is 0.147. The number of rotatable bonds is 9. The van der Waals surface area contributed by atoms with E-state index in [0.29, 0.717) is 17.0 Å². The summed E-state index contributed by atoms with van der Waals surface area (Å²) in [6.07, 6.45) is 0. The molecule has 0 spiro atoms. The van der Waals surface area contributed by atoms with Crippen LogP contribution in [0.2, 0.25) is 0 Å². The predicted octanol–water partition coefficient (Wildman–Crippen LogP) is 3.99. The lowest BCUT2D eigenvalue weighted by Gasteiger charge is -2.18. The molecule has 0 saturated carbocycles. The fraction of sp³-hybridized carbons (Fsp3) is 0.167. The van der Waals surface area contributed by atoms with E-state index < -0.39 is 5.82 Å². The van der Waals surface area contributed by atoms with Gasteiger partial charge in [0.2, 0.25) is 0 Å². The van der Waals surface area contributed by atoms with Gasteiger partial charge in [0, 0.05) is 24.4 Å². The molecule has 0 aliphatic heterocycles. The largest absolute Gasteiger partial charge is 0.489 e. The van der Waals surface area contributed by atoms with Crippen LogP contribution in [-0.4, -0.2) is 43.5 Å². The highest BCUT2D eigenvalue weighted by atomic mass is 19.1. The van der Waals surface area contributed by atoms with Crippen molar-refractivity contribution in [3.05, 3.63) is 90.2 Å². The number of ether oxygens (including phenoxy) is 2. The summed E-state index contributed by atoms with van der Waals surface area (Å²) in [5.74, 6) is -0.331. The molecule has 0 aliphatic rings. The van der Waals surface area contributed by atoms with Crippen molar-refractivity contribution in [1.29, 1.82) is 0 Å². The minimum atomic E-state index is -0.445. The van der Waals surface area contributed by atoms with E-state index in [1.165, 1.54) is 17.0 Å². The quantitative estimate of drug-likeness (QED) is 0.566. The second-order valence-electron chi connectivity index (χ2n) is 6.73. The number of anilines is 1. The van der Waals surface area contributed by atoms with Crippen LogP contribution in [0.4, 0.5) is 10.1 Å². The second kappa shape index (κ2) is 10.8. The number of hydrogen-bond acceptors (Lipinski definition) is 4. The number of nitrogens with one attached hydrogen (secondary N) is 1. The average Bonchev–Trinajstić information content (AvgIpc) is 2.79. The number of halogens is 1. The molecule has 0 saturated heterocycles. The summed E-state index contributed by atoms with van der Waals surface area (Å²) < 4.78 is 24.5. The van der Waals surface area contributed by atoms with Crippen molar-refractivity contribution >= 4 is 17.5 Å². The third-order valence-electron chi connectivity index (χ3n) is 4.44. The van der Waals surface area contributed by atoms with E-state index in [4.69, 9.17) is 9.47 Å². The third-order valence-corrected chi connectivity index (χ3v) is 4.44. The fourth-order valence-corrected chi connectivity index (χ4v) is 2.69. The van der Waals surface area contributed by atoms with Gasteiger partial charge in [0.15, 0.2) is 18.2 Å². The molecule has 2 amide bonds. The van der Waals surface area contributed by atoms with Gasteiger partial charge in [-0.3, -0.25) is 9.59 Å². The molecule has 31 heavy (non-hydrogen) atoms. The Bertz CT molecular complexity index is 1030. The van der Waals surface area contributed by atoms with E-state index in [1.807, 2.05) is 6.07 Å². The minimum Gasteiger partial charge on any atom is -0.489 e. The SMILES string of the molecule is CN(CCOc1ccccc1F)C(=O)COc1cccc(NC(=O)c2ccccc2)c1. The number of hydrogen-bond donors (Lipinski definition) is 1. The molecule has 3 aromatic carbocycles. The van der Waals surface area contributed by atoms with Crippen LogP contribution in [0, 0.1) is 5.82 Å². The van der Waals surface area contributed by atoms with Gasteiger partial charge in [0.05, 0.1) is 6.54 Å². The van der Waals surface area contributed by atoms with Crippen LogP contribution in [0.15, 0.2) is 78.9 Å². The Hall–Kier alpha value is -3.87. The molecule has 3 aromatic rings. The number of nitrogens with zero attached hydrogens (tertiary/aromatic N) is 1. The zero-order chi connectivity index (χ0) is 22.1. The Morgan fingerprint density at radius 3 is 2.45 bits per heavy atom. The van der Waals surface area contributed by atoms with Gasteiger partial charge in [-0.15, -0.1) is 0 Å². The lowest BCUT2D eigenvalue weighted by atomic mass is 10.2. The molecular formula is C24H23FN2O4. The van der Waals surface area contributed by atoms with Crippen molar-refractivity contribution in [2.24, 2.45) is 0 Å². The number of amides is 2. The molecule has 6 nitrogen and oxygen atoms in total. The van der Waals surface area contributed by atoms with Gasteiger partial charge >= 0.3 is 0 Å². The molecule has 7 heteroatoms. The number of likely N-dealkylation sites (N-methyl/N-ethyl adjacent to an activating group) is 1. The average molecular weight is 422 g/mol. The van der Waals surface area contributed by atoms with Crippen LogP contribution in [0.3, 0.4) is 0 Å². The summed E-state index contributed by atoms with van der Waals surface area (Å²) in [6, 6.07) is 21.8. The highest BCUT2D eigenvalue weighted by molar-refractivity contribution is 6.04. The molecule has 1 N–H and O–H groups in total. The van der Waals surface area contributed by atoms with Gasteiger partial charge in [-0.05, 0) is 36.4 Å². The van der Waals surface area contributed by atoms with E-state index in [-0.39, 0.29) is 37.3 Å². The highest BCUT2D eigenvalue weighted by Gasteiger charge is 2.11. The summed E-state index contributed by atoms with van der Waals surface area (Å²) in [4.78, 5) is 26.0. The summed E-state index contributed by atoms with van der Waals surface area (Å²) in [7, 11) is 1.62. The van der Waals surface area contributed by atoms with Crippen molar-refractivity contribution in [3.63, 3.8) is 0 Å². The second-order valence-corrected chi connectivity index (χ2v) is 6.73. The Balaban J connectivity index is 1.45. The molecular weight excluding hydrogens is 399 g/mol. The van der Waals surface area contributed by atoms with Gasteiger partial charge in [-0.2, -0.15) is 0 Å². The standard InChI is InChI=1S/C24H23FN2O4/c1-27(14-15-30-22-13-6-5-12-21(22)25)23(28)17-31-20-11-7-10-19(16-20)26-24(29)18-8-3-2-4-9-18/h2-13,16H,14-15,17H2,1H3,(H,26,29). The van der Waals surface area contributed by atoms with Gasteiger partial charge in [0.1, 0.15) is 12.4 Å². The smallest absolute Gasteiger partial charge is 0.260 e. The van der Waals surface area contributed by atoms with Crippen molar-refractivity contribution in [2.45, 2.75) is 0 Å². The van der Waals surface area contributed by atoms with Gasteiger partial charge in [0.25, 0.3) is 11.8 Å².